The zero-order valence-electron chi connectivity index (χ0n) is 8.56. The van der Waals surface area contributed by atoms with Gasteiger partial charge in [-0.05, 0) is 13.3 Å². The first-order valence-corrected chi connectivity index (χ1v) is 4.83. The predicted molar refractivity (Wildman–Crippen MR) is 49.6 cm³/mol. The lowest BCUT2D eigenvalue weighted by atomic mass is 10.2. The van der Waals surface area contributed by atoms with Crippen LogP contribution in [0.3, 0.4) is 0 Å². The zero-order valence-corrected chi connectivity index (χ0v) is 8.56. The fourth-order valence-corrected chi connectivity index (χ4v) is 0.971. The van der Waals surface area contributed by atoms with Gasteiger partial charge in [-0.25, -0.2) is 0 Å². The molecule has 1 heterocycles. The van der Waals surface area contributed by atoms with Gasteiger partial charge in [0.15, 0.2) is 5.82 Å². The number of hydrogen-bond donors (Lipinski definition) is 1. The molecule has 80 valence electrons. The van der Waals surface area contributed by atoms with Crippen LogP contribution in [-0.4, -0.2) is 28.0 Å². The molecule has 5 heteroatoms. The van der Waals surface area contributed by atoms with E-state index in [4.69, 9.17) is 9.26 Å². The Morgan fingerprint density at radius 2 is 2.29 bits per heavy atom. The Hall–Kier alpha value is -0.940. The lowest BCUT2D eigenvalue weighted by Crippen LogP contribution is -2.08. The lowest BCUT2D eigenvalue weighted by molar-refractivity contribution is 0.126. The van der Waals surface area contributed by atoms with E-state index in [0.29, 0.717) is 37.8 Å². The van der Waals surface area contributed by atoms with Crippen molar-refractivity contribution in [2.24, 2.45) is 0 Å². The quantitative estimate of drug-likeness (QED) is 0.739. The van der Waals surface area contributed by atoms with Crippen LogP contribution < -0.4 is 0 Å². The van der Waals surface area contributed by atoms with Crippen molar-refractivity contribution in [2.75, 3.05) is 6.61 Å². The molecular formula is C9H16N2O3. The van der Waals surface area contributed by atoms with Gasteiger partial charge in [-0.15, -0.1) is 0 Å². The minimum atomic E-state index is -0.407. The lowest BCUT2D eigenvalue weighted by Gasteiger charge is -2.01. The summed E-state index contributed by atoms with van der Waals surface area (Å²) >= 11 is 0. The molecule has 1 atom stereocenters. The molecule has 1 unspecified atom stereocenters. The molecule has 14 heavy (non-hydrogen) atoms. The van der Waals surface area contributed by atoms with Crippen LogP contribution in [0.1, 0.15) is 32.0 Å². The summed E-state index contributed by atoms with van der Waals surface area (Å²) in [5.74, 6) is 0.999. The van der Waals surface area contributed by atoms with Gasteiger partial charge in [0.05, 0.1) is 12.5 Å². The van der Waals surface area contributed by atoms with Gasteiger partial charge >= 0.3 is 0 Å². The molecule has 0 bridgehead atoms. The molecule has 0 aromatic carbocycles. The predicted octanol–water partition coefficient (Wildman–Crippen LogP) is 0.919. The van der Waals surface area contributed by atoms with E-state index in [1.807, 2.05) is 13.8 Å². The minimum absolute atomic E-state index is 0.363. The summed E-state index contributed by atoms with van der Waals surface area (Å²) in [5.41, 5.74) is 0. The van der Waals surface area contributed by atoms with Crippen molar-refractivity contribution in [3.05, 3.63) is 11.7 Å². The van der Waals surface area contributed by atoms with Crippen molar-refractivity contribution in [1.82, 2.24) is 10.1 Å². The first-order chi connectivity index (χ1) is 6.76. The summed E-state index contributed by atoms with van der Waals surface area (Å²) in [6.45, 7) is 4.80. The van der Waals surface area contributed by atoms with Gasteiger partial charge in [0, 0.05) is 6.61 Å². The van der Waals surface area contributed by atoms with Crippen LogP contribution in [0.25, 0.3) is 0 Å². The average Bonchev–Trinajstić information content (AvgIpc) is 2.62. The number of ether oxygens (including phenoxy) is 1. The van der Waals surface area contributed by atoms with Crippen LogP contribution >= 0.6 is 0 Å². The van der Waals surface area contributed by atoms with Crippen molar-refractivity contribution in [2.45, 2.75) is 39.4 Å². The third-order valence-corrected chi connectivity index (χ3v) is 1.83. The van der Waals surface area contributed by atoms with Gasteiger partial charge in [-0.1, -0.05) is 12.1 Å². The number of hydrogen-bond acceptors (Lipinski definition) is 5. The minimum Gasteiger partial charge on any atom is -0.393 e. The third-order valence-electron chi connectivity index (χ3n) is 1.83. The molecule has 0 saturated heterocycles. The summed E-state index contributed by atoms with van der Waals surface area (Å²) in [6.07, 6.45) is 0.689. The Kier molecular flexibility index (Phi) is 4.55. The van der Waals surface area contributed by atoms with Gasteiger partial charge in [0.25, 0.3) is 0 Å². The summed E-state index contributed by atoms with van der Waals surface area (Å²) in [6, 6.07) is 0. The summed E-state index contributed by atoms with van der Waals surface area (Å²) in [7, 11) is 0. The van der Waals surface area contributed by atoms with Crippen LogP contribution in [0.4, 0.5) is 0 Å². The van der Waals surface area contributed by atoms with E-state index in [-0.39, 0.29) is 0 Å². The van der Waals surface area contributed by atoms with Crippen LogP contribution in [0.15, 0.2) is 4.52 Å². The fraction of sp³-hybridized carbons (Fsp3) is 0.778. The van der Waals surface area contributed by atoms with E-state index in [1.165, 1.54) is 0 Å². The highest BCUT2D eigenvalue weighted by atomic mass is 16.5. The van der Waals surface area contributed by atoms with E-state index < -0.39 is 6.10 Å². The second-order valence-corrected chi connectivity index (χ2v) is 3.01. The van der Waals surface area contributed by atoms with E-state index in [2.05, 4.69) is 10.1 Å². The Morgan fingerprint density at radius 1 is 1.50 bits per heavy atom. The smallest absolute Gasteiger partial charge is 0.229 e. The van der Waals surface area contributed by atoms with Crippen molar-refractivity contribution in [1.29, 1.82) is 0 Å². The molecule has 0 fully saturated rings. The molecule has 0 aliphatic heterocycles. The SMILES string of the molecule is CCOCc1noc(CC(O)CC)n1. The van der Waals surface area contributed by atoms with Crippen LogP contribution in [0.5, 0.6) is 0 Å². The summed E-state index contributed by atoms with van der Waals surface area (Å²) in [4.78, 5) is 4.07. The molecular weight excluding hydrogens is 184 g/mol. The maximum Gasteiger partial charge on any atom is 0.229 e. The van der Waals surface area contributed by atoms with E-state index in [1.54, 1.807) is 0 Å². The maximum absolute atomic E-state index is 9.34. The standard InChI is InChI=1S/C9H16N2O3/c1-3-7(12)5-9-10-8(11-14-9)6-13-4-2/h7,12H,3-6H2,1-2H3. The Bertz CT molecular complexity index is 262. The fourth-order valence-electron chi connectivity index (χ4n) is 0.971. The monoisotopic (exact) mass is 200 g/mol. The molecule has 0 aliphatic rings. The van der Waals surface area contributed by atoms with Crippen LogP contribution in [0.2, 0.25) is 0 Å². The second kappa shape index (κ2) is 5.72. The van der Waals surface area contributed by atoms with Crippen molar-refractivity contribution >= 4 is 0 Å². The van der Waals surface area contributed by atoms with Gasteiger partial charge in [0.1, 0.15) is 6.61 Å². The van der Waals surface area contributed by atoms with Crippen molar-refractivity contribution < 1.29 is 14.4 Å². The molecule has 1 N–H and O–H groups in total. The Labute approximate surface area is 83.1 Å². The number of aliphatic hydroxyl groups is 1. The molecule has 0 aliphatic carbocycles. The highest BCUT2D eigenvalue weighted by Crippen LogP contribution is 2.04. The van der Waals surface area contributed by atoms with Gasteiger partial charge in [-0.2, -0.15) is 4.98 Å². The van der Waals surface area contributed by atoms with Gasteiger partial charge in [-0.3, -0.25) is 0 Å². The normalized spacial score (nSPS) is 13.1. The molecule has 1 aromatic rings. The molecule has 1 rings (SSSR count). The molecule has 1 aromatic heterocycles. The molecule has 0 amide bonds. The van der Waals surface area contributed by atoms with Crippen molar-refractivity contribution in [3.8, 4) is 0 Å². The van der Waals surface area contributed by atoms with E-state index in [9.17, 15) is 5.11 Å². The second-order valence-electron chi connectivity index (χ2n) is 3.01. The largest absolute Gasteiger partial charge is 0.393 e. The molecule has 0 saturated carbocycles. The molecule has 5 nitrogen and oxygen atoms in total. The number of aromatic nitrogens is 2. The first-order valence-electron chi connectivity index (χ1n) is 4.83. The molecule has 0 spiro atoms. The van der Waals surface area contributed by atoms with E-state index >= 15 is 0 Å². The highest BCUT2D eigenvalue weighted by molar-refractivity contribution is 4.86. The maximum atomic E-state index is 9.34. The van der Waals surface area contributed by atoms with Crippen LogP contribution in [-0.2, 0) is 17.8 Å². The first kappa shape index (κ1) is 11.1. The number of rotatable bonds is 6. The highest BCUT2D eigenvalue weighted by Gasteiger charge is 2.10. The molecule has 0 radical (unpaired) electrons. The van der Waals surface area contributed by atoms with Crippen LogP contribution in [0, 0.1) is 0 Å². The average molecular weight is 200 g/mol. The Morgan fingerprint density at radius 3 is 2.93 bits per heavy atom. The van der Waals surface area contributed by atoms with Gasteiger partial charge < -0.3 is 14.4 Å². The van der Waals surface area contributed by atoms with Crippen molar-refractivity contribution in [3.63, 3.8) is 0 Å². The number of aliphatic hydroxyl groups excluding tert-OH is 1. The third kappa shape index (κ3) is 3.43. The Balaban J connectivity index is 2.42. The number of nitrogens with zero attached hydrogens (tertiary/aromatic N) is 2. The summed E-state index contributed by atoms with van der Waals surface area (Å²) < 4.78 is 10.0. The van der Waals surface area contributed by atoms with Gasteiger partial charge in [0.2, 0.25) is 5.89 Å². The van der Waals surface area contributed by atoms with E-state index in [0.717, 1.165) is 0 Å². The topological polar surface area (TPSA) is 68.4 Å². The summed E-state index contributed by atoms with van der Waals surface area (Å²) in [5, 5.41) is 13.1. The zero-order chi connectivity index (χ0) is 10.4.